The van der Waals surface area contributed by atoms with Crippen LogP contribution in [-0.2, 0) is 9.59 Å². The van der Waals surface area contributed by atoms with Gasteiger partial charge in [0.2, 0.25) is 0 Å². The molecule has 0 atom stereocenters. The summed E-state index contributed by atoms with van der Waals surface area (Å²) in [6.07, 6.45) is 1.41. The number of thiocarbonyl (C=S) groups is 1. The van der Waals surface area contributed by atoms with Crippen molar-refractivity contribution in [2.45, 2.75) is 6.42 Å². The molecule has 5 nitrogen and oxygen atoms in total. The van der Waals surface area contributed by atoms with Gasteiger partial charge < -0.3 is 9.90 Å². The molecule has 0 N–H and O–H groups in total. The maximum absolute atomic E-state index is 12.1. The standard InChI is InChI=1S/C14H10N2O3S2/c15-8-10-3-1-9(2-4-10)7-11-13(19)16(14(20)21-11)6-5-12(17)18/h1-4,7H,5-6H2,(H,17,18)/p-1/b11-7+. The largest absolute Gasteiger partial charge is 0.550 e. The Morgan fingerprint density at radius 3 is 2.67 bits per heavy atom. The Labute approximate surface area is 130 Å². The molecule has 1 aliphatic heterocycles. The number of aliphatic carboxylic acids is 1. The number of nitrogens with zero attached hydrogens (tertiary/aromatic N) is 2. The summed E-state index contributed by atoms with van der Waals surface area (Å²) < 4.78 is 0.334. The molecule has 1 aliphatic rings. The summed E-state index contributed by atoms with van der Waals surface area (Å²) in [6, 6.07) is 8.78. The quantitative estimate of drug-likeness (QED) is 0.606. The molecule has 0 aromatic heterocycles. The van der Waals surface area contributed by atoms with E-state index in [1.165, 1.54) is 4.90 Å². The lowest BCUT2D eigenvalue weighted by molar-refractivity contribution is -0.305. The minimum absolute atomic E-state index is 0.0116. The summed E-state index contributed by atoms with van der Waals surface area (Å²) in [5.74, 6) is -1.53. The first-order valence-electron chi connectivity index (χ1n) is 5.96. The van der Waals surface area contributed by atoms with E-state index in [9.17, 15) is 14.7 Å². The second-order valence-corrected chi connectivity index (χ2v) is 5.86. The van der Waals surface area contributed by atoms with Gasteiger partial charge >= 0.3 is 0 Å². The zero-order valence-corrected chi connectivity index (χ0v) is 12.4. The van der Waals surface area contributed by atoms with Gasteiger partial charge in [-0.15, -0.1) is 0 Å². The predicted molar refractivity (Wildman–Crippen MR) is 80.7 cm³/mol. The van der Waals surface area contributed by atoms with Crippen molar-refractivity contribution in [2.24, 2.45) is 0 Å². The Morgan fingerprint density at radius 1 is 1.43 bits per heavy atom. The van der Waals surface area contributed by atoms with Gasteiger partial charge in [-0.3, -0.25) is 9.69 Å². The summed E-state index contributed by atoms with van der Waals surface area (Å²) in [4.78, 5) is 24.3. The minimum atomic E-state index is -1.22. The number of hydrogen-bond acceptors (Lipinski definition) is 6. The van der Waals surface area contributed by atoms with E-state index in [0.29, 0.717) is 14.8 Å². The highest BCUT2D eigenvalue weighted by Gasteiger charge is 2.31. The van der Waals surface area contributed by atoms with Crippen molar-refractivity contribution in [3.05, 3.63) is 40.3 Å². The molecular weight excluding hydrogens is 308 g/mol. The van der Waals surface area contributed by atoms with Gasteiger partial charge in [-0.05, 0) is 23.8 Å². The van der Waals surface area contributed by atoms with E-state index in [0.717, 1.165) is 17.3 Å². The number of benzene rings is 1. The molecule has 106 valence electrons. The Balaban J connectivity index is 2.15. The number of hydrogen-bond donors (Lipinski definition) is 0. The molecule has 1 heterocycles. The monoisotopic (exact) mass is 317 g/mol. The van der Waals surface area contributed by atoms with Crippen molar-refractivity contribution in [3.63, 3.8) is 0 Å². The molecule has 0 unspecified atom stereocenters. The van der Waals surface area contributed by atoms with Gasteiger partial charge in [0, 0.05) is 18.9 Å². The van der Waals surface area contributed by atoms with E-state index < -0.39 is 5.97 Å². The van der Waals surface area contributed by atoms with Crippen LogP contribution in [0.15, 0.2) is 29.2 Å². The van der Waals surface area contributed by atoms with E-state index in [1.807, 2.05) is 6.07 Å². The number of carbonyl (C=O) groups is 2. The number of carboxylic acids is 1. The first-order valence-corrected chi connectivity index (χ1v) is 7.19. The van der Waals surface area contributed by atoms with Gasteiger partial charge in [0.15, 0.2) is 0 Å². The highest BCUT2D eigenvalue weighted by atomic mass is 32.2. The van der Waals surface area contributed by atoms with Crippen LogP contribution in [0, 0.1) is 11.3 Å². The zero-order chi connectivity index (χ0) is 15.4. The molecule has 7 heteroatoms. The number of carbonyl (C=O) groups excluding carboxylic acids is 2. The van der Waals surface area contributed by atoms with Crippen LogP contribution >= 0.6 is 24.0 Å². The van der Waals surface area contributed by atoms with Gasteiger partial charge in [-0.25, -0.2) is 0 Å². The van der Waals surface area contributed by atoms with Gasteiger partial charge in [0.25, 0.3) is 5.91 Å². The Kier molecular flexibility index (Phi) is 4.73. The van der Waals surface area contributed by atoms with Crippen molar-refractivity contribution in [1.29, 1.82) is 5.26 Å². The average molecular weight is 317 g/mol. The summed E-state index contributed by atoms with van der Waals surface area (Å²) >= 11 is 6.20. The molecule has 0 bridgehead atoms. The van der Waals surface area contributed by atoms with E-state index in [2.05, 4.69) is 0 Å². The van der Waals surface area contributed by atoms with E-state index in [1.54, 1.807) is 30.3 Å². The molecule has 0 radical (unpaired) electrons. The normalized spacial score (nSPS) is 16.3. The SMILES string of the molecule is N#Cc1ccc(/C=C2/SC(=S)N(CCC(=O)[O-])C2=O)cc1. The number of rotatable bonds is 4. The molecule has 0 spiro atoms. The van der Waals surface area contributed by atoms with Gasteiger partial charge in [0.1, 0.15) is 4.32 Å². The molecule has 0 aliphatic carbocycles. The molecular formula is C14H9N2O3S2-. The molecule has 0 saturated carbocycles. The van der Waals surface area contributed by atoms with Crippen molar-refractivity contribution < 1.29 is 14.7 Å². The highest BCUT2D eigenvalue weighted by Crippen LogP contribution is 2.32. The number of nitriles is 1. The predicted octanol–water partition coefficient (Wildman–Crippen LogP) is 0.899. The molecule has 1 aromatic rings. The minimum Gasteiger partial charge on any atom is -0.550 e. The first-order chi connectivity index (χ1) is 10.0. The second-order valence-electron chi connectivity index (χ2n) is 4.19. The summed E-state index contributed by atoms with van der Waals surface area (Å²) in [5.41, 5.74) is 1.31. The van der Waals surface area contributed by atoms with E-state index >= 15 is 0 Å². The Hall–Kier alpha value is -2.17. The van der Waals surface area contributed by atoms with Crippen LogP contribution in [0.2, 0.25) is 0 Å². The number of amides is 1. The van der Waals surface area contributed by atoms with Crippen LogP contribution in [0.4, 0.5) is 0 Å². The number of thioether (sulfide) groups is 1. The third-order valence-corrected chi connectivity index (χ3v) is 4.13. The van der Waals surface area contributed by atoms with E-state index in [4.69, 9.17) is 17.5 Å². The maximum Gasteiger partial charge on any atom is 0.266 e. The summed E-state index contributed by atoms with van der Waals surface area (Å²) in [7, 11) is 0. The Bertz CT molecular complexity index is 674. The van der Waals surface area contributed by atoms with Crippen LogP contribution < -0.4 is 5.11 Å². The lowest BCUT2D eigenvalue weighted by Gasteiger charge is -2.14. The molecule has 1 aromatic carbocycles. The van der Waals surface area contributed by atoms with Gasteiger partial charge in [-0.2, -0.15) is 5.26 Å². The van der Waals surface area contributed by atoms with Crippen LogP contribution in [-0.4, -0.2) is 27.6 Å². The van der Waals surface area contributed by atoms with Gasteiger partial charge in [-0.1, -0.05) is 36.1 Å². The zero-order valence-electron chi connectivity index (χ0n) is 10.7. The van der Waals surface area contributed by atoms with Crippen LogP contribution in [0.1, 0.15) is 17.5 Å². The second kappa shape index (κ2) is 6.52. The lowest BCUT2D eigenvalue weighted by atomic mass is 10.1. The lowest BCUT2D eigenvalue weighted by Crippen LogP contribution is -2.33. The molecule has 1 amide bonds. The summed E-state index contributed by atoms with van der Waals surface area (Å²) in [6.45, 7) is 0.0116. The third-order valence-electron chi connectivity index (χ3n) is 2.75. The molecule has 21 heavy (non-hydrogen) atoms. The fraction of sp³-hybridized carbons (Fsp3) is 0.143. The van der Waals surface area contributed by atoms with Crippen LogP contribution in [0.25, 0.3) is 6.08 Å². The van der Waals surface area contributed by atoms with Gasteiger partial charge in [0.05, 0.1) is 16.5 Å². The topological polar surface area (TPSA) is 84.2 Å². The maximum atomic E-state index is 12.1. The van der Waals surface area contributed by atoms with Crippen molar-refractivity contribution in [2.75, 3.05) is 6.54 Å². The van der Waals surface area contributed by atoms with E-state index in [-0.39, 0.29) is 18.9 Å². The van der Waals surface area contributed by atoms with Crippen molar-refractivity contribution >= 4 is 46.3 Å². The Morgan fingerprint density at radius 2 is 2.10 bits per heavy atom. The van der Waals surface area contributed by atoms with Crippen LogP contribution in [0.5, 0.6) is 0 Å². The molecule has 1 fully saturated rings. The van der Waals surface area contributed by atoms with Crippen LogP contribution in [0.3, 0.4) is 0 Å². The van der Waals surface area contributed by atoms with Crippen molar-refractivity contribution in [3.8, 4) is 6.07 Å². The summed E-state index contributed by atoms with van der Waals surface area (Å²) in [5, 5.41) is 19.2. The highest BCUT2D eigenvalue weighted by molar-refractivity contribution is 8.26. The molecule has 1 saturated heterocycles. The fourth-order valence-corrected chi connectivity index (χ4v) is 3.01. The molecule has 2 rings (SSSR count). The van der Waals surface area contributed by atoms with Crippen molar-refractivity contribution in [1.82, 2.24) is 4.90 Å². The fourth-order valence-electron chi connectivity index (χ4n) is 1.70. The number of carboxylic acid groups (broad SMARTS) is 1. The average Bonchev–Trinajstić information content (AvgIpc) is 2.72. The first kappa shape index (κ1) is 15.2. The third kappa shape index (κ3) is 3.68. The smallest absolute Gasteiger partial charge is 0.266 e.